The lowest BCUT2D eigenvalue weighted by molar-refractivity contribution is 0.583. The largest absolute Gasteiger partial charge is 0.398 e. The molecule has 0 heterocycles. The Balaban J connectivity index is 0. The molecule has 1 rings (SSSR count). The minimum atomic E-state index is -0.917. The molecule has 1 aromatic rings. The fraction of sp³-hybridized carbons (Fsp3) is 0. The van der Waals surface area contributed by atoms with E-state index in [2.05, 4.69) is 0 Å². The number of amidine groups is 1. The first-order chi connectivity index (χ1) is 5.52. The zero-order valence-electron chi connectivity index (χ0n) is 6.88. The first-order valence-electron chi connectivity index (χ1n) is 3.11. The first-order valence-corrected chi connectivity index (χ1v) is 3.11. The molecule has 80 valence electrons. The van der Waals surface area contributed by atoms with E-state index in [1.807, 2.05) is 0 Å². The van der Waals surface area contributed by atoms with Gasteiger partial charge in [0.05, 0.1) is 5.56 Å². The molecule has 0 radical (unpaired) electrons. The molecular weight excluding hydrogens is 235 g/mol. The molecule has 1 aromatic carbocycles. The predicted octanol–water partition coefficient (Wildman–Crippen LogP) is 1.67. The Bertz CT molecular complexity index is 321. The van der Waals surface area contributed by atoms with Crippen LogP contribution in [0.4, 0.5) is 14.5 Å². The predicted molar refractivity (Wildman–Crippen MR) is 56.3 cm³/mol. The van der Waals surface area contributed by atoms with Gasteiger partial charge in [0.1, 0.15) is 17.5 Å². The second kappa shape index (κ2) is 5.62. The number of rotatable bonds is 1. The highest BCUT2D eigenvalue weighted by molar-refractivity contribution is 6.00. The Labute approximate surface area is 91.8 Å². The molecule has 0 aliphatic rings. The monoisotopic (exact) mass is 243 g/mol. The zero-order chi connectivity index (χ0) is 9.30. The maximum absolute atomic E-state index is 12.8. The van der Waals surface area contributed by atoms with Crippen molar-refractivity contribution in [3.63, 3.8) is 0 Å². The van der Waals surface area contributed by atoms with Crippen molar-refractivity contribution >= 4 is 36.3 Å². The Morgan fingerprint density at radius 1 is 1.21 bits per heavy atom. The van der Waals surface area contributed by atoms with Gasteiger partial charge in [0, 0.05) is 11.8 Å². The van der Waals surface area contributed by atoms with Crippen molar-refractivity contribution in [3.05, 3.63) is 29.3 Å². The summed E-state index contributed by atoms with van der Waals surface area (Å²) in [5, 5.41) is 6.92. The van der Waals surface area contributed by atoms with Crippen molar-refractivity contribution in [2.45, 2.75) is 0 Å². The lowest BCUT2D eigenvalue weighted by Crippen LogP contribution is -2.16. The van der Waals surface area contributed by atoms with Crippen LogP contribution in [-0.2, 0) is 0 Å². The lowest BCUT2D eigenvalue weighted by Gasteiger charge is -2.04. The van der Waals surface area contributed by atoms with Crippen LogP contribution in [0.3, 0.4) is 0 Å². The van der Waals surface area contributed by atoms with Crippen LogP contribution in [0.15, 0.2) is 12.1 Å². The molecule has 14 heavy (non-hydrogen) atoms. The normalized spacial score (nSPS) is 8.43. The SMILES string of the molecule is Cl.Cl.N=C(N)c1c(N)cc(F)cc1F. The van der Waals surface area contributed by atoms with Crippen LogP contribution in [0.2, 0.25) is 0 Å². The van der Waals surface area contributed by atoms with E-state index in [0.29, 0.717) is 6.07 Å². The van der Waals surface area contributed by atoms with Crippen LogP contribution in [0, 0.1) is 17.0 Å². The molecule has 0 aliphatic carbocycles. The molecule has 0 aliphatic heterocycles. The van der Waals surface area contributed by atoms with E-state index >= 15 is 0 Å². The third-order valence-corrected chi connectivity index (χ3v) is 1.35. The maximum Gasteiger partial charge on any atom is 0.139 e. The number of halogens is 4. The number of nitrogens with one attached hydrogen (secondary N) is 1. The van der Waals surface area contributed by atoms with E-state index in [-0.39, 0.29) is 36.1 Å². The van der Waals surface area contributed by atoms with Crippen molar-refractivity contribution in [2.24, 2.45) is 5.73 Å². The summed E-state index contributed by atoms with van der Waals surface area (Å²) in [5.41, 5.74) is 9.81. The van der Waals surface area contributed by atoms with E-state index in [0.717, 1.165) is 6.07 Å². The summed E-state index contributed by atoms with van der Waals surface area (Å²) in [5.74, 6) is -2.21. The van der Waals surface area contributed by atoms with E-state index in [4.69, 9.17) is 16.9 Å². The third-order valence-electron chi connectivity index (χ3n) is 1.35. The van der Waals surface area contributed by atoms with Gasteiger partial charge in [-0.05, 0) is 6.07 Å². The van der Waals surface area contributed by atoms with E-state index in [1.54, 1.807) is 0 Å². The number of benzene rings is 1. The maximum atomic E-state index is 12.8. The van der Waals surface area contributed by atoms with Gasteiger partial charge in [-0.15, -0.1) is 24.8 Å². The second-order valence-corrected chi connectivity index (χ2v) is 2.27. The summed E-state index contributed by atoms with van der Waals surface area (Å²) in [7, 11) is 0. The molecule has 0 bridgehead atoms. The Kier molecular flexibility index (Phi) is 6.18. The van der Waals surface area contributed by atoms with Gasteiger partial charge in [0.2, 0.25) is 0 Å². The molecule has 0 saturated heterocycles. The Morgan fingerprint density at radius 3 is 2.07 bits per heavy atom. The molecule has 0 saturated carbocycles. The molecule has 3 nitrogen and oxygen atoms in total. The van der Waals surface area contributed by atoms with Gasteiger partial charge in [0.15, 0.2) is 0 Å². The highest BCUT2D eigenvalue weighted by atomic mass is 35.5. The highest BCUT2D eigenvalue weighted by Gasteiger charge is 2.10. The molecule has 0 fully saturated rings. The van der Waals surface area contributed by atoms with Crippen molar-refractivity contribution in [1.29, 1.82) is 5.41 Å². The van der Waals surface area contributed by atoms with Crippen LogP contribution in [0.1, 0.15) is 5.56 Å². The van der Waals surface area contributed by atoms with Crippen LogP contribution in [-0.4, -0.2) is 5.84 Å². The number of hydrogen-bond donors (Lipinski definition) is 3. The van der Waals surface area contributed by atoms with Gasteiger partial charge in [-0.3, -0.25) is 5.41 Å². The summed E-state index contributed by atoms with van der Waals surface area (Å²) >= 11 is 0. The van der Waals surface area contributed by atoms with E-state index in [1.165, 1.54) is 0 Å². The minimum absolute atomic E-state index is 0. The summed E-state index contributed by atoms with van der Waals surface area (Å²) in [6, 6.07) is 1.55. The van der Waals surface area contributed by atoms with Gasteiger partial charge in [-0.1, -0.05) is 0 Å². The van der Waals surface area contributed by atoms with Crippen molar-refractivity contribution < 1.29 is 8.78 Å². The number of anilines is 1. The van der Waals surface area contributed by atoms with Crippen molar-refractivity contribution in [2.75, 3.05) is 5.73 Å². The fourth-order valence-electron chi connectivity index (χ4n) is 0.878. The molecule has 0 spiro atoms. The third kappa shape index (κ3) is 3.01. The van der Waals surface area contributed by atoms with Gasteiger partial charge in [-0.25, -0.2) is 8.78 Å². The molecule has 5 N–H and O–H groups in total. The van der Waals surface area contributed by atoms with Crippen LogP contribution in [0.25, 0.3) is 0 Å². The molecule has 0 amide bonds. The van der Waals surface area contributed by atoms with Gasteiger partial charge < -0.3 is 11.5 Å². The fourth-order valence-corrected chi connectivity index (χ4v) is 0.878. The van der Waals surface area contributed by atoms with Gasteiger partial charge in [-0.2, -0.15) is 0 Å². The lowest BCUT2D eigenvalue weighted by atomic mass is 10.1. The Hall–Kier alpha value is -1.07. The summed E-state index contributed by atoms with van der Waals surface area (Å²) in [6.45, 7) is 0. The molecule has 7 heteroatoms. The number of nitrogen functional groups attached to an aromatic ring is 2. The average Bonchev–Trinajstić information content (AvgIpc) is 1.82. The molecule has 0 unspecified atom stereocenters. The topological polar surface area (TPSA) is 75.9 Å². The van der Waals surface area contributed by atoms with Crippen molar-refractivity contribution in [3.8, 4) is 0 Å². The average molecular weight is 244 g/mol. The Morgan fingerprint density at radius 2 is 1.71 bits per heavy atom. The summed E-state index contributed by atoms with van der Waals surface area (Å²) in [6.07, 6.45) is 0. The first kappa shape index (κ1) is 15.4. The van der Waals surface area contributed by atoms with Gasteiger partial charge in [0.25, 0.3) is 0 Å². The standard InChI is InChI=1S/C7H7F2N3.2ClH/c8-3-1-4(9)6(7(11)12)5(10)2-3;;/h1-2H,10H2,(H3,11,12);2*1H. The smallest absolute Gasteiger partial charge is 0.139 e. The summed E-state index contributed by atoms with van der Waals surface area (Å²) in [4.78, 5) is 0. The van der Waals surface area contributed by atoms with Crippen LogP contribution in [0.5, 0.6) is 0 Å². The molecular formula is C7H9Cl2F2N3. The second-order valence-electron chi connectivity index (χ2n) is 2.27. The van der Waals surface area contributed by atoms with E-state index in [9.17, 15) is 8.78 Å². The minimum Gasteiger partial charge on any atom is -0.398 e. The number of nitrogens with two attached hydrogens (primary N) is 2. The zero-order valence-corrected chi connectivity index (χ0v) is 8.51. The van der Waals surface area contributed by atoms with E-state index < -0.39 is 17.5 Å². The molecule has 0 aromatic heterocycles. The van der Waals surface area contributed by atoms with Crippen LogP contribution < -0.4 is 11.5 Å². The van der Waals surface area contributed by atoms with Crippen molar-refractivity contribution in [1.82, 2.24) is 0 Å². The summed E-state index contributed by atoms with van der Waals surface area (Å²) < 4.78 is 25.3. The number of hydrogen-bond acceptors (Lipinski definition) is 2. The van der Waals surface area contributed by atoms with Gasteiger partial charge >= 0.3 is 0 Å². The van der Waals surface area contributed by atoms with Crippen LogP contribution >= 0.6 is 24.8 Å². The highest BCUT2D eigenvalue weighted by Crippen LogP contribution is 2.16. The molecule has 0 atom stereocenters. The quantitative estimate of drug-likeness (QED) is 0.399.